The van der Waals surface area contributed by atoms with Crippen LogP contribution in [0.2, 0.25) is 0 Å². The first-order chi connectivity index (χ1) is 15.3. The lowest BCUT2D eigenvalue weighted by atomic mass is 10.2. The fourth-order valence-electron chi connectivity index (χ4n) is 3.53. The van der Waals surface area contributed by atoms with Crippen LogP contribution < -0.4 is 15.0 Å². The summed E-state index contributed by atoms with van der Waals surface area (Å²) < 4.78 is 7.18. The predicted molar refractivity (Wildman–Crippen MR) is 130 cm³/mol. The number of nitrogens with zero attached hydrogens (tertiary/aromatic N) is 7. The average molecular weight is 491 g/mol. The highest BCUT2D eigenvalue weighted by Crippen LogP contribution is 2.24. The molecule has 0 saturated carbocycles. The number of hydrogen-bond donors (Lipinski definition) is 2. The van der Waals surface area contributed by atoms with Crippen molar-refractivity contribution in [3.05, 3.63) is 49.1 Å². The van der Waals surface area contributed by atoms with E-state index in [1.54, 1.807) is 18.6 Å². The molecule has 0 atom stereocenters. The Morgan fingerprint density at radius 3 is 2.61 bits per heavy atom. The molecule has 1 fully saturated rings. The van der Waals surface area contributed by atoms with Crippen molar-refractivity contribution in [3.8, 4) is 23.1 Å². The quantitative estimate of drug-likeness (QED) is 0.418. The van der Waals surface area contributed by atoms with Crippen LogP contribution >= 0.6 is 24.8 Å². The first kappa shape index (κ1) is 24.6. The number of ether oxygens (including phenoxy) is 1. The zero-order valence-corrected chi connectivity index (χ0v) is 19.3. The lowest BCUT2D eigenvalue weighted by Gasteiger charge is -2.28. The fourth-order valence-corrected chi connectivity index (χ4v) is 3.53. The van der Waals surface area contributed by atoms with Gasteiger partial charge in [0.05, 0.1) is 36.4 Å². The van der Waals surface area contributed by atoms with Crippen molar-refractivity contribution in [2.45, 2.75) is 0 Å². The number of rotatable bonds is 6. The summed E-state index contributed by atoms with van der Waals surface area (Å²) in [6.45, 7) is 3.83. The molecule has 10 nitrogen and oxygen atoms in total. The minimum atomic E-state index is -0.0880. The van der Waals surface area contributed by atoms with Crippen LogP contribution in [-0.2, 0) is 0 Å². The Morgan fingerprint density at radius 2 is 1.79 bits per heavy atom. The molecule has 33 heavy (non-hydrogen) atoms. The molecule has 0 unspecified atom stereocenters. The molecule has 5 rings (SSSR count). The molecule has 5 heterocycles. The average Bonchev–Trinajstić information content (AvgIpc) is 3.27. The summed E-state index contributed by atoms with van der Waals surface area (Å²) in [7, 11) is 0. The molecule has 4 aromatic rings. The van der Waals surface area contributed by atoms with Crippen molar-refractivity contribution in [1.82, 2.24) is 35.0 Å². The Hall–Kier alpha value is -3.05. The summed E-state index contributed by atoms with van der Waals surface area (Å²) in [5.41, 5.74) is 2.10. The van der Waals surface area contributed by atoms with Gasteiger partial charge in [-0.15, -0.1) is 24.8 Å². The number of aliphatic hydroxyl groups is 1. The second-order valence-electron chi connectivity index (χ2n) is 7.09. The van der Waals surface area contributed by atoms with Gasteiger partial charge in [0.15, 0.2) is 5.82 Å². The van der Waals surface area contributed by atoms with Gasteiger partial charge in [0, 0.05) is 37.8 Å². The zero-order valence-electron chi connectivity index (χ0n) is 17.7. The lowest BCUT2D eigenvalue weighted by Crippen LogP contribution is -2.43. The molecule has 1 aliphatic rings. The van der Waals surface area contributed by atoms with Crippen molar-refractivity contribution in [1.29, 1.82) is 0 Å². The number of hydrogen-bond acceptors (Lipinski definition) is 9. The first-order valence-electron chi connectivity index (χ1n) is 10.1. The van der Waals surface area contributed by atoms with Crippen LogP contribution in [0.5, 0.6) is 5.88 Å². The third kappa shape index (κ3) is 5.31. The molecule has 0 amide bonds. The summed E-state index contributed by atoms with van der Waals surface area (Å²) in [6.07, 6.45) is 6.67. The van der Waals surface area contributed by atoms with Crippen LogP contribution in [0.1, 0.15) is 0 Å². The molecular formula is C21H24Cl2N8O2. The van der Waals surface area contributed by atoms with Crippen molar-refractivity contribution >= 4 is 41.5 Å². The summed E-state index contributed by atoms with van der Waals surface area (Å²) in [4.78, 5) is 20.2. The Morgan fingerprint density at radius 1 is 0.970 bits per heavy atom. The monoisotopic (exact) mass is 490 g/mol. The second-order valence-corrected chi connectivity index (χ2v) is 7.09. The van der Waals surface area contributed by atoms with Crippen LogP contribution in [0.25, 0.3) is 28.1 Å². The van der Waals surface area contributed by atoms with Crippen LogP contribution in [0.4, 0.5) is 5.82 Å². The fraction of sp³-hybridized carbons (Fsp3) is 0.286. The maximum absolute atomic E-state index is 8.94. The molecule has 0 aromatic carbocycles. The first-order valence-corrected chi connectivity index (χ1v) is 10.1. The number of nitrogens with one attached hydrogen (secondary N) is 1. The van der Waals surface area contributed by atoms with Crippen LogP contribution in [0, 0.1) is 0 Å². The third-order valence-corrected chi connectivity index (χ3v) is 5.05. The molecule has 0 radical (unpaired) electrons. The van der Waals surface area contributed by atoms with Crippen LogP contribution in [-0.4, -0.2) is 74.2 Å². The van der Waals surface area contributed by atoms with E-state index in [9.17, 15) is 0 Å². The summed E-state index contributed by atoms with van der Waals surface area (Å²) in [5, 5.41) is 17.7. The normalized spacial score (nSPS) is 13.3. The van der Waals surface area contributed by atoms with E-state index in [1.165, 1.54) is 6.20 Å². The van der Waals surface area contributed by atoms with E-state index in [2.05, 4.69) is 30.3 Å². The van der Waals surface area contributed by atoms with Crippen molar-refractivity contribution in [2.24, 2.45) is 0 Å². The Balaban J connectivity index is 0.00000153. The number of aliphatic hydroxyl groups excluding tert-OH is 1. The SMILES string of the molecule is Cl.Cl.OCCOc1cncc(-c2cc3c(cn2)cnn3-c2cccc(N3CCNCC3)n2)n1. The van der Waals surface area contributed by atoms with Gasteiger partial charge in [0.1, 0.15) is 18.1 Å². The summed E-state index contributed by atoms with van der Waals surface area (Å²) in [5.74, 6) is 2.03. The molecular weight excluding hydrogens is 467 g/mol. The van der Waals surface area contributed by atoms with E-state index in [-0.39, 0.29) is 38.0 Å². The molecule has 12 heteroatoms. The zero-order chi connectivity index (χ0) is 21.0. The van der Waals surface area contributed by atoms with Gasteiger partial charge < -0.3 is 20.1 Å². The van der Waals surface area contributed by atoms with Gasteiger partial charge in [0.25, 0.3) is 0 Å². The molecule has 0 spiro atoms. The highest BCUT2D eigenvalue weighted by molar-refractivity contribution is 5.85. The van der Waals surface area contributed by atoms with Crippen molar-refractivity contribution < 1.29 is 9.84 Å². The van der Waals surface area contributed by atoms with E-state index in [1.807, 2.05) is 28.9 Å². The predicted octanol–water partition coefficient (Wildman–Crippen LogP) is 1.90. The van der Waals surface area contributed by atoms with Crippen molar-refractivity contribution in [3.63, 3.8) is 0 Å². The molecule has 0 aliphatic carbocycles. The minimum Gasteiger partial charge on any atom is -0.474 e. The van der Waals surface area contributed by atoms with E-state index < -0.39 is 0 Å². The van der Waals surface area contributed by atoms with Gasteiger partial charge in [0.2, 0.25) is 5.88 Å². The number of piperazine rings is 1. The molecule has 174 valence electrons. The molecule has 0 bridgehead atoms. The number of aromatic nitrogens is 6. The van der Waals surface area contributed by atoms with Gasteiger partial charge in [-0.3, -0.25) is 9.97 Å². The maximum Gasteiger partial charge on any atom is 0.233 e. The highest BCUT2D eigenvalue weighted by Gasteiger charge is 2.14. The third-order valence-electron chi connectivity index (χ3n) is 5.05. The van der Waals surface area contributed by atoms with Gasteiger partial charge >= 0.3 is 0 Å². The van der Waals surface area contributed by atoms with Crippen molar-refractivity contribution in [2.75, 3.05) is 44.3 Å². The topological polar surface area (TPSA) is 114 Å². The highest BCUT2D eigenvalue weighted by atomic mass is 35.5. The minimum absolute atomic E-state index is 0. The van der Waals surface area contributed by atoms with E-state index >= 15 is 0 Å². The molecule has 1 saturated heterocycles. The standard InChI is InChI=1S/C21H22N8O2.2ClH/c30-8-9-31-21-14-23-13-17(26-21)16-10-18-15(11-24-16)12-25-29(18)20-3-1-2-19(27-20)28-6-4-22-5-7-28;;/h1-3,10-14,22,30H,4-9H2;2*1H. The van der Waals surface area contributed by atoms with Gasteiger partial charge in [-0.25, -0.2) is 14.6 Å². The maximum atomic E-state index is 8.94. The second kappa shape index (κ2) is 11.2. The van der Waals surface area contributed by atoms with E-state index in [0.29, 0.717) is 17.3 Å². The van der Waals surface area contributed by atoms with Gasteiger partial charge in [-0.1, -0.05) is 6.07 Å². The summed E-state index contributed by atoms with van der Waals surface area (Å²) >= 11 is 0. The molecule has 1 aliphatic heterocycles. The van der Waals surface area contributed by atoms with E-state index in [4.69, 9.17) is 14.8 Å². The van der Waals surface area contributed by atoms with Gasteiger partial charge in [-0.05, 0) is 18.2 Å². The number of halogens is 2. The smallest absolute Gasteiger partial charge is 0.233 e. The van der Waals surface area contributed by atoms with E-state index in [0.717, 1.165) is 48.7 Å². The number of pyridine rings is 2. The van der Waals surface area contributed by atoms with Crippen LogP contribution in [0.15, 0.2) is 49.1 Å². The lowest BCUT2D eigenvalue weighted by molar-refractivity contribution is 0.196. The Kier molecular flexibility index (Phi) is 8.34. The Bertz CT molecular complexity index is 1200. The molecule has 4 aromatic heterocycles. The number of anilines is 1. The number of fused-ring (bicyclic) bond motifs is 1. The van der Waals surface area contributed by atoms with Gasteiger partial charge in [-0.2, -0.15) is 5.10 Å². The van der Waals surface area contributed by atoms with Crippen LogP contribution in [0.3, 0.4) is 0 Å². The Labute approximate surface area is 202 Å². The summed E-state index contributed by atoms with van der Waals surface area (Å²) in [6, 6.07) is 7.90. The molecule has 2 N–H and O–H groups in total. The largest absolute Gasteiger partial charge is 0.474 e.